The SMILES string of the molecule is Cc1cccc(OCCCCn2nnc(CO)c2C2CCC2)c1. The molecular weight excluding hydrogens is 290 g/mol. The maximum absolute atomic E-state index is 9.42. The molecule has 1 aromatic heterocycles. The van der Waals surface area contributed by atoms with Gasteiger partial charge in [0.25, 0.3) is 0 Å². The largest absolute Gasteiger partial charge is 0.494 e. The smallest absolute Gasteiger partial charge is 0.119 e. The van der Waals surface area contributed by atoms with E-state index in [0.717, 1.165) is 36.5 Å². The number of aromatic nitrogens is 3. The van der Waals surface area contributed by atoms with Crippen molar-refractivity contribution in [3.63, 3.8) is 0 Å². The molecule has 0 spiro atoms. The van der Waals surface area contributed by atoms with Gasteiger partial charge in [-0.25, -0.2) is 4.68 Å². The molecule has 0 aliphatic heterocycles. The molecule has 124 valence electrons. The fourth-order valence-electron chi connectivity index (χ4n) is 3.02. The zero-order valence-electron chi connectivity index (χ0n) is 13.7. The van der Waals surface area contributed by atoms with Crippen molar-refractivity contribution in [3.05, 3.63) is 41.2 Å². The van der Waals surface area contributed by atoms with E-state index in [0.29, 0.717) is 12.5 Å². The minimum Gasteiger partial charge on any atom is -0.494 e. The number of aliphatic hydroxyl groups excluding tert-OH is 1. The summed E-state index contributed by atoms with van der Waals surface area (Å²) < 4.78 is 7.76. The number of rotatable bonds is 8. The second-order valence-corrected chi connectivity index (χ2v) is 6.30. The van der Waals surface area contributed by atoms with Gasteiger partial charge in [-0.15, -0.1) is 5.10 Å². The Labute approximate surface area is 137 Å². The van der Waals surface area contributed by atoms with E-state index in [1.54, 1.807) is 0 Å². The molecule has 1 saturated carbocycles. The van der Waals surface area contributed by atoms with Crippen LogP contribution in [0.1, 0.15) is 55.0 Å². The molecule has 0 unspecified atom stereocenters. The van der Waals surface area contributed by atoms with Gasteiger partial charge in [0.15, 0.2) is 0 Å². The van der Waals surface area contributed by atoms with E-state index in [-0.39, 0.29) is 6.61 Å². The van der Waals surface area contributed by atoms with Crippen molar-refractivity contribution in [1.82, 2.24) is 15.0 Å². The van der Waals surface area contributed by atoms with Crippen LogP contribution in [0, 0.1) is 6.92 Å². The van der Waals surface area contributed by atoms with Gasteiger partial charge in [0.2, 0.25) is 0 Å². The standard InChI is InChI=1S/C18H25N3O2/c1-14-6-4-9-16(12-14)23-11-3-2-10-21-18(15-7-5-8-15)17(13-22)19-20-21/h4,6,9,12,15,22H,2-3,5,7-8,10-11,13H2,1H3. The Morgan fingerprint density at radius 3 is 2.87 bits per heavy atom. The molecule has 0 atom stereocenters. The highest BCUT2D eigenvalue weighted by atomic mass is 16.5. The lowest BCUT2D eigenvalue weighted by atomic mass is 9.82. The summed E-state index contributed by atoms with van der Waals surface area (Å²) in [6.45, 7) is 3.61. The second-order valence-electron chi connectivity index (χ2n) is 6.30. The first-order chi connectivity index (χ1) is 11.3. The summed E-state index contributed by atoms with van der Waals surface area (Å²) in [5.41, 5.74) is 3.12. The molecule has 0 radical (unpaired) electrons. The molecular formula is C18H25N3O2. The number of aliphatic hydroxyl groups is 1. The van der Waals surface area contributed by atoms with Crippen molar-refractivity contribution in [1.29, 1.82) is 0 Å². The van der Waals surface area contributed by atoms with Crippen LogP contribution in [-0.2, 0) is 13.2 Å². The number of ether oxygens (including phenoxy) is 1. The molecule has 3 rings (SSSR count). The predicted octanol–water partition coefficient (Wildman–Crippen LogP) is 3.21. The number of aryl methyl sites for hydroxylation is 2. The first-order valence-electron chi connectivity index (χ1n) is 8.50. The molecule has 5 nitrogen and oxygen atoms in total. The van der Waals surface area contributed by atoms with Gasteiger partial charge in [-0.2, -0.15) is 0 Å². The lowest BCUT2D eigenvalue weighted by Gasteiger charge is -2.26. The van der Waals surface area contributed by atoms with Crippen molar-refractivity contribution in [2.45, 2.75) is 58.1 Å². The van der Waals surface area contributed by atoms with Gasteiger partial charge in [0.1, 0.15) is 11.4 Å². The Balaban J connectivity index is 1.46. The predicted molar refractivity (Wildman–Crippen MR) is 88.4 cm³/mol. The van der Waals surface area contributed by atoms with E-state index < -0.39 is 0 Å². The number of unbranched alkanes of at least 4 members (excludes halogenated alkanes) is 1. The summed E-state index contributed by atoms with van der Waals surface area (Å²) in [5, 5.41) is 17.8. The summed E-state index contributed by atoms with van der Waals surface area (Å²) in [7, 11) is 0. The molecule has 1 heterocycles. The lowest BCUT2D eigenvalue weighted by molar-refractivity contribution is 0.271. The van der Waals surface area contributed by atoms with Gasteiger partial charge in [0, 0.05) is 12.5 Å². The fraction of sp³-hybridized carbons (Fsp3) is 0.556. The summed E-state index contributed by atoms with van der Waals surface area (Å²) in [6, 6.07) is 8.13. The molecule has 0 amide bonds. The average Bonchev–Trinajstić information content (AvgIpc) is 2.88. The highest BCUT2D eigenvalue weighted by molar-refractivity contribution is 5.27. The first kappa shape index (κ1) is 16.0. The molecule has 0 bridgehead atoms. The van der Waals surface area contributed by atoms with E-state index in [2.05, 4.69) is 29.4 Å². The summed E-state index contributed by atoms with van der Waals surface area (Å²) in [4.78, 5) is 0. The summed E-state index contributed by atoms with van der Waals surface area (Å²) >= 11 is 0. The Hall–Kier alpha value is -1.88. The minimum atomic E-state index is -0.0116. The normalized spacial score (nSPS) is 14.7. The zero-order valence-corrected chi connectivity index (χ0v) is 13.7. The lowest BCUT2D eigenvalue weighted by Crippen LogP contribution is -2.17. The van der Waals surface area contributed by atoms with Crippen LogP contribution in [0.25, 0.3) is 0 Å². The quantitative estimate of drug-likeness (QED) is 0.760. The van der Waals surface area contributed by atoms with Gasteiger partial charge >= 0.3 is 0 Å². The third kappa shape index (κ3) is 3.91. The fourth-order valence-corrected chi connectivity index (χ4v) is 3.02. The molecule has 1 N–H and O–H groups in total. The van der Waals surface area contributed by atoms with Crippen LogP contribution in [0.4, 0.5) is 0 Å². The molecule has 1 aromatic carbocycles. The maximum atomic E-state index is 9.42. The monoisotopic (exact) mass is 315 g/mol. The van der Waals surface area contributed by atoms with Gasteiger partial charge in [0.05, 0.1) is 18.9 Å². The van der Waals surface area contributed by atoms with Gasteiger partial charge in [-0.3, -0.25) is 0 Å². The second kappa shape index (κ2) is 7.59. The van der Waals surface area contributed by atoms with Crippen LogP contribution in [0.15, 0.2) is 24.3 Å². The van der Waals surface area contributed by atoms with E-state index in [9.17, 15) is 5.11 Å². The Kier molecular flexibility index (Phi) is 5.28. The first-order valence-corrected chi connectivity index (χ1v) is 8.50. The Morgan fingerprint density at radius 1 is 1.30 bits per heavy atom. The van der Waals surface area contributed by atoms with Gasteiger partial charge < -0.3 is 9.84 Å². The van der Waals surface area contributed by atoms with E-state index in [4.69, 9.17) is 4.74 Å². The molecule has 5 heteroatoms. The highest BCUT2D eigenvalue weighted by Crippen LogP contribution is 2.37. The highest BCUT2D eigenvalue weighted by Gasteiger charge is 2.27. The number of nitrogens with zero attached hydrogens (tertiary/aromatic N) is 3. The summed E-state index contributed by atoms with van der Waals surface area (Å²) in [5.74, 6) is 1.47. The van der Waals surface area contributed by atoms with Crippen LogP contribution >= 0.6 is 0 Å². The van der Waals surface area contributed by atoms with Crippen molar-refractivity contribution in [2.75, 3.05) is 6.61 Å². The molecule has 1 aliphatic carbocycles. The maximum Gasteiger partial charge on any atom is 0.119 e. The molecule has 1 fully saturated rings. The number of hydrogen-bond acceptors (Lipinski definition) is 4. The van der Waals surface area contributed by atoms with Crippen LogP contribution in [0.5, 0.6) is 5.75 Å². The number of hydrogen-bond donors (Lipinski definition) is 1. The van der Waals surface area contributed by atoms with Crippen LogP contribution in [0.2, 0.25) is 0 Å². The Bertz CT molecular complexity index is 635. The third-order valence-electron chi connectivity index (χ3n) is 4.51. The molecule has 1 aliphatic rings. The van der Waals surface area contributed by atoms with Crippen LogP contribution in [0.3, 0.4) is 0 Å². The minimum absolute atomic E-state index is 0.0116. The van der Waals surface area contributed by atoms with Crippen molar-refractivity contribution >= 4 is 0 Å². The van der Waals surface area contributed by atoms with E-state index in [1.807, 2.05) is 16.8 Å². The van der Waals surface area contributed by atoms with E-state index in [1.165, 1.54) is 24.8 Å². The zero-order chi connectivity index (χ0) is 16.1. The molecule has 0 saturated heterocycles. The Morgan fingerprint density at radius 2 is 2.17 bits per heavy atom. The average molecular weight is 315 g/mol. The number of benzene rings is 1. The molecule has 2 aromatic rings. The topological polar surface area (TPSA) is 60.2 Å². The molecule has 23 heavy (non-hydrogen) atoms. The summed E-state index contributed by atoms with van der Waals surface area (Å²) in [6.07, 6.45) is 5.63. The van der Waals surface area contributed by atoms with Gasteiger partial charge in [-0.1, -0.05) is 23.8 Å². The van der Waals surface area contributed by atoms with Crippen LogP contribution < -0.4 is 4.74 Å². The van der Waals surface area contributed by atoms with Crippen molar-refractivity contribution in [3.8, 4) is 5.75 Å². The van der Waals surface area contributed by atoms with E-state index >= 15 is 0 Å². The van der Waals surface area contributed by atoms with Crippen LogP contribution in [-0.4, -0.2) is 26.7 Å². The van der Waals surface area contributed by atoms with Gasteiger partial charge in [-0.05, 0) is 50.3 Å². The third-order valence-corrected chi connectivity index (χ3v) is 4.51. The van der Waals surface area contributed by atoms with Crippen molar-refractivity contribution < 1.29 is 9.84 Å². The van der Waals surface area contributed by atoms with Crippen molar-refractivity contribution in [2.24, 2.45) is 0 Å².